The van der Waals surface area contributed by atoms with E-state index in [1.807, 2.05) is 0 Å². The number of aliphatic hydroxyl groups is 1. The zero-order valence-corrected chi connectivity index (χ0v) is 11.9. The van der Waals surface area contributed by atoms with Crippen molar-refractivity contribution in [2.45, 2.75) is 6.42 Å². The van der Waals surface area contributed by atoms with Gasteiger partial charge in [-0.1, -0.05) is 0 Å². The number of hydrogen-bond donors (Lipinski definition) is 2. The first-order chi connectivity index (χ1) is 8.65. The van der Waals surface area contributed by atoms with Gasteiger partial charge in [-0.05, 0) is 35.1 Å². The summed E-state index contributed by atoms with van der Waals surface area (Å²) in [7, 11) is 0. The summed E-state index contributed by atoms with van der Waals surface area (Å²) in [5.41, 5.74) is 0.972. The van der Waals surface area contributed by atoms with E-state index in [4.69, 9.17) is 9.84 Å². The van der Waals surface area contributed by atoms with Crippen LogP contribution in [-0.2, 0) is 4.74 Å². The Kier molecular flexibility index (Phi) is 6.91. The third-order valence-corrected chi connectivity index (χ3v) is 3.07. The minimum atomic E-state index is -0.408. The zero-order valence-electron chi connectivity index (χ0n) is 9.76. The van der Waals surface area contributed by atoms with Gasteiger partial charge in [-0.15, -0.1) is 0 Å². The highest BCUT2D eigenvalue weighted by Gasteiger charge is 2.08. The first kappa shape index (κ1) is 15.1. The third kappa shape index (κ3) is 5.15. The average Bonchev–Trinajstić information content (AvgIpc) is 2.35. The second kappa shape index (κ2) is 8.22. The molecule has 0 saturated heterocycles. The van der Waals surface area contributed by atoms with Crippen LogP contribution in [0.25, 0.3) is 0 Å². The Morgan fingerprint density at radius 2 is 2.22 bits per heavy atom. The Bertz CT molecular complexity index is 401. The zero-order chi connectivity index (χ0) is 13.4. The standard InChI is InChI=1S/C11H15IN2O4/c12-10-8-9(14(16)17)2-3-11(10)13-4-1-6-18-7-5-15/h2-3,8,13,15H,1,4-7H2. The number of hydrogen-bond acceptors (Lipinski definition) is 5. The molecule has 18 heavy (non-hydrogen) atoms. The number of nitrogens with zero attached hydrogens (tertiary/aromatic N) is 1. The molecule has 0 amide bonds. The number of benzene rings is 1. The van der Waals surface area contributed by atoms with Crippen LogP contribution in [0.4, 0.5) is 11.4 Å². The van der Waals surface area contributed by atoms with Gasteiger partial charge in [0.25, 0.3) is 5.69 Å². The molecular weight excluding hydrogens is 351 g/mol. The molecule has 0 saturated carbocycles. The van der Waals surface area contributed by atoms with E-state index in [0.29, 0.717) is 13.2 Å². The lowest BCUT2D eigenvalue weighted by Crippen LogP contribution is -2.08. The van der Waals surface area contributed by atoms with Crippen molar-refractivity contribution < 1.29 is 14.8 Å². The van der Waals surface area contributed by atoms with E-state index in [1.165, 1.54) is 12.1 Å². The molecule has 0 heterocycles. The van der Waals surface area contributed by atoms with E-state index in [1.54, 1.807) is 6.07 Å². The highest BCUT2D eigenvalue weighted by Crippen LogP contribution is 2.23. The normalized spacial score (nSPS) is 10.3. The molecule has 6 nitrogen and oxygen atoms in total. The molecule has 7 heteroatoms. The SMILES string of the molecule is O=[N+]([O-])c1ccc(NCCCOCCO)c(I)c1. The van der Waals surface area contributed by atoms with Gasteiger partial charge in [-0.25, -0.2) is 0 Å². The maximum atomic E-state index is 10.6. The molecule has 0 bridgehead atoms. The van der Waals surface area contributed by atoms with Gasteiger partial charge >= 0.3 is 0 Å². The minimum Gasteiger partial charge on any atom is -0.394 e. The number of ether oxygens (including phenoxy) is 1. The second-order valence-corrected chi connectivity index (χ2v) is 4.70. The van der Waals surface area contributed by atoms with E-state index in [-0.39, 0.29) is 12.3 Å². The molecule has 0 aliphatic rings. The van der Waals surface area contributed by atoms with Gasteiger partial charge in [-0.2, -0.15) is 0 Å². The van der Waals surface area contributed by atoms with Gasteiger partial charge in [0.1, 0.15) is 0 Å². The van der Waals surface area contributed by atoms with Crippen molar-refractivity contribution in [1.82, 2.24) is 0 Å². The van der Waals surface area contributed by atoms with E-state index in [0.717, 1.165) is 22.2 Å². The van der Waals surface area contributed by atoms with Gasteiger partial charge in [0.2, 0.25) is 0 Å². The van der Waals surface area contributed by atoms with E-state index in [2.05, 4.69) is 27.9 Å². The van der Waals surface area contributed by atoms with Crippen molar-refractivity contribution in [3.63, 3.8) is 0 Å². The molecular formula is C11H15IN2O4. The number of rotatable bonds is 8. The lowest BCUT2D eigenvalue weighted by Gasteiger charge is -2.08. The van der Waals surface area contributed by atoms with E-state index in [9.17, 15) is 10.1 Å². The largest absolute Gasteiger partial charge is 0.394 e. The number of halogens is 1. The molecule has 0 aliphatic heterocycles. The van der Waals surface area contributed by atoms with Crippen molar-refractivity contribution in [1.29, 1.82) is 0 Å². The lowest BCUT2D eigenvalue weighted by molar-refractivity contribution is -0.384. The van der Waals surface area contributed by atoms with Crippen molar-refractivity contribution >= 4 is 34.0 Å². The summed E-state index contributed by atoms with van der Waals surface area (Å²) < 4.78 is 5.94. The lowest BCUT2D eigenvalue weighted by atomic mass is 10.3. The van der Waals surface area contributed by atoms with Gasteiger partial charge in [0, 0.05) is 34.5 Å². The van der Waals surface area contributed by atoms with Crippen LogP contribution >= 0.6 is 22.6 Å². The van der Waals surface area contributed by atoms with Crippen LogP contribution in [-0.4, -0.2) is 36.4 Å². The van der Waals surface area contributed by atoms with Crippen LogP contribution in [0.5, 0.6) is 0 Å². The van der Waals surface area contributed by atoms with E-state index < -0.39 is 4.92 Å². The van der Waals surface area contributed by atoms with Crippen LogP contribution < -0.4 is 5.32 Å². The maximum absolute atomic E-state index is 10.6. The Morgan fingerprint density at radius 1 is 1.44 bits per heavy atom. The quantitative estimate of drug-likeness (QED) is 0.318. The van der Waals surface area contributed by atoms with Gasteiger partial charge < -0.3 is 15.2 Å². The van der Waals surface area contributed by atoms with Crippen LogP contribution in [0.1, 0.15) is 6.42 Å². The monoisotopic (exact) mass is 366 g/mol. The predicted molar refractivity (Wildman–Crippen MR) is 76.8 cm³/mol. The van der Waals surface area contributed by atoms with Crippen molar-refractivity contribution in [3.05, 3.63) is 31.9 Å². The molecule has 0 aliphatic carbocycles. The van der Waals surface area contributed by atoms with Crippen LogP contribution in [0.3, 0.4) is 0 Å². The number of nitro benzene ring substituents is 1. The molecule has 0 fully saturated rings. The van der Waals surface area contributed by atoms with Gasteiger partial charge in [0.15, 0.2) is 0 Å². The Morgan fingerprint density at radius 3 is 2.83 bits per heavy atom. The molecule has 1 aromatic carbocycles. The van der Waals surface area contributed by atoms with Crippen molar-refractivity contribution in [2.24, 2.45) is 0 Å². The summed E-state index contributed by atoms with van der Waals surface area (Å²) in [6, 6.07) is 4.71. The molecule has 1 aromatic rings. The van der Waals surface area contributed by atoms with Gasteiger partial charge in [-0.3, -0.25) is 10.1 Å². The summed E-state index contributed by atoms with van der Waals surface area (Å²) in [6.45, 7) is 1.69. The Labute approximate surface area is 119 Å². The molecule has 0 spiro atoms. The highest BCUT2D eigenvalue weighted by atomic mass is 127. The highest BCUT2D eigenvalue weighted by molar-refractivity contribution is 14.1. The summed E-state index contributed by atoms with van der Waals surface area (Å²) in [6.07, 6.45) is 0.813. The molecule has 0 atom stereocenters. The third-order valence-electron chi connectivity index (χ3n) is 2.18. The molecule has 1 rings (SSSR count). The van der Waals surface area contributed by atoms with Crippen molar-refractivity contribution in [2.75, 3.05) is 31.7 Å². The average molecular weight is 366 g/mol. The fourth-order valence-electron chi connectivity index (χ4n) is 1.32. The minimum absolute atomic E-state index is 0.0354. The predicted octanol–water partition coefficient (Wildman–Crippen LogP) is 2.01. The number of aliphatic hydroxyl groups excluding tert-OH is 1. The topological polar surface area (TPSA) is 84.6 Å². The summed E-state index contributed by atoms with van der Waals surface area (Å²) in [5, 5.41) is 22.3. The van der Waals surface area contributed by atoms with Crippen LogP contribution in [0.2, 0.25) is 0 Å². The maximum Gasteiger partial charge on any atom is 0.270 e. The summed E-state index contributed by atoms with van der Waals surface area (Å²) >= 11 is 2.06. The first-order valence-corrected chi connectivity index (χ1v) is 6.59. The molecule has 100 valence electrons. The van der Waals surface area contributed by atoms with E-state index >= 15 is 0 Å². The number of nitrogens with one attached hydrogen (secondary N) is 1. The van der Waals surface area contributed by atoms with Crippen LogP contribution in [0, 0.1) is 13.7 Å². The van der Waals surface area contributed by atoms with Gasteiger partial charge in [0.05, 0.1) is 18.1 Å². The fraction of sp³-hybridized carbons (Fsp3) is 0.455. The molecule has 0 aromatic heterocycles. The Balaban J connectivity index is 2.36. The van der Waals surface area contributed by atoms with Crippen LogP contribution in [0.15, 0.2) is 18.2 Å². The molecule has 2 N–H and O–H groups in total. The second-order valence-electron chi connectivity index (χ2n) is 3.54. The fourth-order valence-corrected chi connectivity index (χ4v) is 2.01. The number of anilines is 1. The number of nitro groups is 1. The first-order valence-electron chi connectivity index (χ1n) is 5.51. The Hall–Kier alpha value is -0.930. The number of non-ortho nitro benzene ring substituents is 1. The van der Waals surface area contributed by atoms with Crippen molar-refractivity contribution in [3.8, 4) is 0 Å². The summed E-state index contributed by atoms with van der Waals surface area (Å²) in [4.78, 5) is 10.2. The smallest absolute Gasteiger partial charge is 0.270 e. The molecule has 0 unspecified atom stereocenters. The summed E-state index contributed by atoms with van der Waals surface area (Å²) in [5.74, 6) is 0. The molecule has 0 radical (unpaired) electrons.